The van der Waals surface area contributed by atoms with E-state index in [2.05, 4.69) is 10.3 Å². The second-order valence-corrected chi connectivity index (χ2v) is 7.34. The molecule has 0 aromatic heterocycles. The molecule has 0 fully saturated rings. The number of carbonyl (C=O) groups is 1. The monoisotopic (exact) mass is 513 g/mol. The number of aliphatic imine (C=N–C) groups is 1. The number of nitrogens with two attached hydrogens (primary N) is 1. The average molecular weight is 515 g/mol. The van der Waals surface area contributed by atoms with E-state index >= 15 is 0 Å². The molecule has 0 aliphatic rings. The number of anilines is 1. The van der Waals surface area contributed by atoms with E-state index in [1.54, 1.807) is 12.1 Å². The second-order valence-electron chi connectivity index (χ2n) is 6.56. The fraction of sp³-hybridized carbons (Fsp3) is 0.0435. The molecule has 0 heterocycles. The Bertz CT molecular complexity index is 1200. The Kier molecular flexibility index (Phi) is 8.93. The Hall–Kier alpha value is -3.00. The predicted molar refractivity (Wildman–Crippen MR) is 130 cm³/mol. The molecule has 0 aliphatic heterocycles. The highest BCUT2D eigenvalue weighted by Gasteiger charge is 2.32. The maximum Gasteiger partial charge on any atom is 0.416 e. The molecule has 0 radical (unpaired) electrons. The van der Waals surface area contributed by atoms with Gasteiger partial charge >= 0.3 is 6.18 Å². The zero-order chi connectivity index (χ0) is 23.3. The lowest BCUT2D eigenvalue weighted by Gasteiger charge is -2.10. The van der Waals surface area contributed by atoms with Crippen LogP contribution in [0.25, 0.3) is 6.08 Å². The smallest absolute Gasteiger partial charge is 0.383 e. The van der Waals surface area contributed by atoms with Gasteiger partial charge in [0.25, 0.3) is 0 Å². The number of hydrogen-bond acceptors (Lipinski definition) is 2. The lowest BCUT2D eigenvalue weighted by atomic mass is 10.1. The van der Waals surface area contributed by atoms with Crippen molar-refractivity contribution in [2.75, 3.05) is 5.32 Å². The Morgan fingerprint density at radius 3 is 2.30 bits per heavy atom. The van der Waals surface area contributed by atoms with Gasteiger partial charge < -0.3 is 11.1 Å². The third kappa shape index (κ3) is 6.99. The first-order valence-electron chi connectivity index (χ1n) is 9.19. The van der Waals surface area contributed by atoms with Gasteiger partial charge in [0, 0.05) is 11.6 Å². The van der Waals surface area contributed by atoms with Gasteiger partial charge in [-0.25, -0.2) is 4.99 Å². The van der Waals surface area contributed by atoms with E-state index in [1.807, 2.05) is 18.2 Å². The first-order valence-corrected chi connectivity index (χ1v) is 9.94. The topological polar surface area (TPSA) is 67.5 Å². The molecule has 3 N–H and O–H groups in total. The van der Waals surface area contributed by atoms with Crippen LogP contribution in [-0.2, 0) is 11.0 Å². The van der Waals surface area contributed by atoms with Crippen molar-refractivity contribution in [3.8, 4) is 0 Å². The van der Waals surface area contributed by atoms with Crippen molar-refractivity contribution in [3.05, 3.63) is 99.5 Å². The molecule has 172 valence electrons. The summed E-state index contributed by atoms with van der Waals surface area (Å²) in [6.45, 7) is 0. The summed E-state index contributed by atoms with van der Waals surface area (Å²) in [5, 5.41) is 2.68. The summed E-state index contributed by atoms with van der Waals surface area (Å²) >= 11 is 12.3. The quantitative estimate of drug-likeness (QED) is 0.216. The SMILES string of the molecule is Cl.NC(=Nc1cc(Cl)c(Cl)c(NC(=O)/C=C/c2ccccc2C(F)(F)F)c1)c1ccccc1. The molecule has 0 aliphatic carbocycles. The van der Waals surface area contributed by atoms with E-state index < -0.39 is 17.6 Å². The summed E-state index contributed by atoms with van der Waals surface area (Å²) in [5.74, 6) is -0.470. The molecule has 3 aromatic rings. The fourth-order valence-corrected chi connectivity index (χ4v) is 3.15. The van der Waals surface area contributed by atoms with Gasteiger partial charge in [-0.15, -0.1) is 12.4 Å². The van der Waals surface area contributed by atoms with Crippen LogP contribution in [0.1, 0.15) is 16.7 Å². The molecular weight excluding hydrogens is 498 g/mol. The first-order chi connectivity index (χ1) is 15.1. The van der Waals surface area contributed by atoms with Gasteiger partial charge in [-0.05, 0) is 29.8 Å². The third-order valence-electron chi connectivity index (χ3n) is 4.27. The number of amides is 1. The molecule has 0 bridgehead atoms. The molecule has 0 saturated heterocycles. The molecule has 4 nitrogen and oxygen atoms in total. The number of benzene rings is 3. The summed E-state index contributed by atoms with van der Waals surface area (Å²) in [7, 11) is 0. The fourth-order valence-electron chi connectivity index (χ4n) is 2.78. The molecule has 0 spiro atoms. The van der Waals surface area contributed by atoms with Gasteiger partial charge in [0.1, 0.15) is 5.84 Å². The van der Waals surface area contributed by atoms with Crippen molar-refractivity contribution >= 4 is 64.8 Å². The van der Waals surface area contributed by atoms with Crippen LogP contribution >= 0.6 is 35.6 Å². The highest BCUT2D eigenvalue weighted by molar-refractivity contribution is 6.44. The van der Waals surface area contributed by atoms with Crippen molar-refractivity contribution in [2.24, 2.45) is 10.7 Å². The summed E-state index contributed by atoms with van der Waals surface area (Å²) in [6.07, 6.45) is -2.49. The number of nitrogens with one attached hydrogen (secondary N) is 1. The van der Waals surface area contributed by atoms with E-state index in [-0.39, 0.29) is 39.5 Å². The van der Waals surface area contributed by atoms with E-state index in [0.717, 1.165) is 18.2 Å². The predicted octanol–water partition coefficient (Wildman–Crippen LogP) is 7.12. The van der Waals surface area contributed by atoms with Crippen LogP contribution in [0.15, 0.2) is 77.8 Å². The van der Waals surface area contributed by atoms with Crippen molar-refractivity contribution < 1.29 is 18.0 Å². The Morgan fingerprint density at radius 2 is 1.64 bits per heavy atom. The van der Waals surface area contributed by atoms with Gasteiger partial charge in [-0.1, -0.05) is 71.7 Å². The zero-order valence-corrected chi connectivity index (χ0v) is 19.1. The minimum Gasteiger partial charge on any atom is -0.383 e. The Morgan fingerprint density at radius 1 is 1.00 bits per heavy atom. The number of rotatable bonds is 5. The van der Waals surface area contributed by atoms with Crippen molar-refractivity contribution in [1.29, 1.82) is 0 Å². The van der Waals surface area contributed by atoms with Crippen LogP contribution in [0.4, 0.5) is 24.5 Å². The molecule has 1 amide bonds. The van der Waals surface area contributed by atoms with Gasteiger partial charge in [-0.2, -0.15) is 13.2 Å². The van der Waals surface area contributed by atoms with Crippen molar-refractivity contribution in [1.82, 2.24) is 0 Å². The van der Waals surface area contributed by atoms with Crippen molar-refractivity contribution in [3.63, 3.8) is 0 Å². The van der Waals surface area contributed by atoms with Crippen LogP contribution in [0.3, 0.4) is 0 Å². The maximum atomic E-state index is 13.1. The van der Waals surface area contributed by atoms with Gasteiger partial charge in [-0.3, -0.25) is 4.79 Å². The summed E-state index contributed by atoms with van der Waals surface area (Å²) < 4.78 is 39.3. The van der Waals surface area contributed by atoms with Crippen LogP contribution < -0.4 is 11.1 Å². The highest BCUT2D eigenvalue weighted by Crippen LogP contribution is 2.35. The number of carbonyl (C=O) groups excluding carboxylic acids is 1. The van der Waals surface area contributed by atoms with Gasteiger partial charge in [0.15, 0.2) is 0 Å². The average Bonchev–Trinajstić information content (AvgIpc) is 2.76. The Balaban J connectivity index is 0.00000385. The molecule has 0 saturated carbocycles. The first kappa shape index (κ1) is 26.3. The van der Waals surface area contributed by atoms with Gasteiger partial charge in [0.05, 0.1) is 27.0 Å². The molecule has 33 heavy (non-hydrogen) atoms. The standard InChI is InChI=1S/C23H16Cl2F3N3O.ClH/c24-18-12-16(30-22(29)15-7-2-1-3-8-15)13-19(21(18)25)31-20(32)11-10-14-6-4-5-9-17(14)23(26,27)28;/h1-13H,(H2,29,30)(H,31,32);1H/b11-10+;. The zero-order valence-electron chi connectivity index (χ0n) is 16.7. The maximum absolute atomic E-state index is 13.1. The molecule has 0 unspecified atom stereocenters. The lowest BCUT2D eigenvalue weighted by molar-refractivity contribution is -0.137. The number of halogens is 6. The minimum atomic E-state index is -4.54. The minimum absolute atomic E-state index is 0. The molecule has 0 atom stereocenters. The third-order valence-corrected chi connectivity index (χ3v) is 5.07. The molecule has 10 heteroatoms. The molecule has 3 rings (SSSR count). The van der Waals surface area contributed by atoms with E-state index in [0.29, 0.717) is 11.3 Å². The van der Waals surface area contributed by atoms with E-state index in [4.69, 9.17) is 28.9 Å². The summed E-state index contributed by atoms with van der Waals surface area (Å²) in [4.78, 5) is 16.6. The van der Waals surface area contributed by atoms with E-state index in [9.17, 15) is 18.0 Å². The van der Waals surface area contributed by atoms with Crippen LogP contribution in [0, 0.1) is 0 Å². The highest BCUT2D eigenvalue weighted by atomic mass is 35.5. The van der Waals surface area contributed by atoms with Crippen molar-refractivity contribution in [2.45, 2.75) is 6.18 Å². The number of nitrogens with zero attached hydrogens (tertiary/aromatic N) is 1. The largest absolute Gasteiger partial charge is 0.416 e. The molecule has 3 aromatic carbocycles. The number of hydrogen-bond donors (Lipinski definition) is 2. The summed E-state index contributed by atoms with van der Waals surface area (Å²) in [5.41, 5.74) is 6.18. The number of amidine groups is 1. The van der Waals surface area contributed by atoms with Gasteiger partial charge in [0.2, 0.25) is 5.91 Å². The lowest BCUT2D eigenvalue weighted by Crippen LogP contribution is -2.12. The van der Waals surface area contributed by atoms with Crippen LogP contribution in [-0.4, -0.2) is 11.7 Å². The summed E-state index contributed by atoms with van der Waals surface area (Å²) in [6, 6.07) is 16.9. The number of alkyl halides is 3. The normalized spacial score (nSPS) is 11.8. The van der Waals surface area contributed by atoms with Crippen LogP contribution in [0.5, 0.6) is 0 Å². The second kappa shape index (κ2) is 11.2. The Labute approximate surface area is 204 Å². The van der Waals surface area contributed by atoms with E-state index in [1.165, 1.54) is 30.3 Å². The molecular formula is C23H17Cl3F3N3O. The van der Waals surface area contributed by atoms with Crippen LogP contribution in [0.2, 0.25) is 10.0 Å².